The average molecular weight is 211 g/mol. The van der Waals surface area contributed by atoms with E-state index in [0.717, 1.165) is 12.0 Å². The van der Waals surface area contributed by atoms with Crippen LogP contribution >= 0.6 is 0 Å². The van der Waals surface area contributed by atoms with Gasteiger partial charge >= 0.3 is 0 Å². The van der Waals surface area contributed by atoms with Crippen molar-refractivity contribution in [2.24, 2.45) is 5.73 Å². The summed E-state index contributed by atoms with van der Waals surface area (Å²) < 4.78 is 18.6. The molecule has 0 spiro atoms. The Morgan fingerprint density at radius 2 is 2.20 bits per heavy atom. The topological polar surface area (TPSA) is 35.2 Å². The van der Waals surface area contributed by atoms with E-state index in [1.165, 1.54) is 12.1 Å². The van der Waals surface area contributed by atoms with E-state index in [1.807, 2.05) is 19.9 Å². The molecule has 15 heavy (non-hydrogen) atoms. The second kappa shape index (κ2) is 5.83. The van der Waals surface area contributed by atoms with Gasteiger partial charge in [-0.2, -0.15) is 0 Å². The van der Waals surface area contributed by atoms with Crippen molar-refractivity contribution >= 4 is 0 Å². The minimum atomic E-state index is -0.252. The second-order valence-electron chi connectivity index (χ2n) is 3.71. The third-order valence-corrected chi connectivity index (χ3v) is 2.16. The van der Waals surface area contributed by atoms with Crippen molar-refractivity contribution in [3.63, 3.8) is 0 Å². The van der Waals surface area contributed by atoms with Crippen molar-refractivity contribution in [2.45, 2.75) is 32.4 Å². The minimum absolute atomic E-state index is 0.140. The van der Waals surface area contributed by atoms with Crippen LogP contribution in [0.3, 0.4) is 0 Å². The molecule has 0 aliphatic carbocycles. The molecule has 0 radical (unpaired) electrons. The summed E-state index contributed by atoms with van der Waals surface area (Å²) in [4.78, 5) is 0. The number of ether oxygens (including phenoxy) is 1. The maximum Gasteiger partial charge on any atom is 0.123 e. The lowest BCUT2D eigenvalue weighted by Gasteiger charge is -2.21. The van der Waals surface area contributed by atoms with Crippen LogP contribution in [0.1, 0.15) is 31.9 Å². The van der Waals surface area contributed by atoms with Crippen LogP contribution in [0.15, 0.2) is 24.3 Å². The van der Waals surface area contributed by atoms with Gasteiger partial charge in [0.15, 0.2) is 0 Å². The van der Waals surface area contributed by atoms with Crippen LogP contribution in [0, 0.1) is 5.82 Å². The fraction of sp³-hybridized carbons (Fsp3) is 0.500. The zero-order valence-electron chi connectivity index (χ0n) is 9.24. The van der Waals surface area contributed by atoms with E-state index < -0.39 is 0 Å². The molecule has 0 aliphatic rings. The number of benzene rings is 1. The van der Waals surface area contributed by atoms with Gasteiger partial charge in [0, 0.05) is 12.6 Å². The summed E-state index contributed by atoms with van der Waals surface area (Å²) in [6, 6.07) is 6.27. The highest BCUT2D eigenvalue weighted by Gasteiger charge is 2.16. The number of nitrogens with two attached hydrogens (primary N) is 1. The van der Waals surface area contributed by atoms with E-state index in [4.69, 9.17) is 10.5 Å². The van der Waals surface area contributed by atoms with Crippen LogP contribution in [0.5, 0.6) is 0 Å². The predicted octanol–water partition coefficient (Wildman–Crippen LogP) is 2.64. The molecular formula is C12H18FNO. The average Bonchev–Trinajstić information content (AvgIpc) is 2.18. The van der Waals surface area contributed by atoms with Crippen molar-refractivity contribution in [3.8, 4) is 0 Å². The summed E-state index contributed by atoms with van der Waals surface area (Å²) in [5, 5.41) is 0. The summed E-state index contributed by atoms with van der Waals surface area (Å²) >= 11 is 0. The lowest BCUT2D eigenvalue weighted by atomic mass is 10.0. The molecule has 0 saturated heterocycles. The largest absolute Gasteiger partial charge is 0.372 e. The van der Waals surface area contributed by atoms with Crippen molar-refractivity contribution in [1.82, 2.24) is 0 Å². The Balaban J connectivity index is 2.79. The molecule has 0 heterocycles. The van der Waals surface area contributed by atoms with Gasteiger partial charge in [0.05, 0.1) is 6.10 Å². The predicted molar refractivity (Wildman–Crippen MR) is 59.0 cm³/mol. The molecule has 3 heteroatoms. The molecule has 2 unspecified atom stereocenters. The fourth-order valence-electron chi connectivity index (χ4n) is 1.48. The molecule has 0 amide bonds. The molecular weight excluding hydrogens is 193 g/mol. The molecule has 2 nitrogen and oxygen atoms in total. The van der Waals surface area contributed by atoms with E-state index >= 15 is 0 Å². The highest BCUT2D eigenvalue weighted by Crippen LogP contribution is 2.21. The summed E-state index contributed by atoms with van der Waals surface area (Å²) in [6.07, 6.45) is 0.707. The first-order chi connectivity index (χ1) is 7.15. The number of hydrogen-bond donors (Lipinski definition) is 1. The Kier molecular flexibility index (Phi) is 4.72. The van der Waals surface area contributed by atoms with Gasteiger partial charge in [0.25, 0.3) is 0 Å². The summed E-state index contributed by atoms with van der Waals surface area (Å²) in [5.74, 6) is -0.252. The molecule has 84 valence electrons. The first-order valence-corrected chi connectivity index (χ1v) is 5.27. The van der Waals surface area contributed by atoms with E-state index in [9.17, 15) is 4.39 Å². The summed E-state index contributed by atoms with van der Waals surface area (Å²) in [6.45, 7) is 4.54. The van der Waals surface area contributed by atoms with Crippen LogP contribution in [-0.2, 0) is 4.74 Å². The van der Waals surface area contributed by atoms with E-state index in [-0.39, 0.29) is 18.0 Å². The highest BCUT2D eigenvalue weighted by atomic mass is 19.1. The Hall–Kier alpha value is -0.930. The summed E-state index contributed by atoms with van der Waals surface area (Å²) in [7, 11) is 0. The maximum atomic E-state index is 13.0. The van der Waals surface area contributed by atoms with Crippen molar-refractivity contribution in [1.29, 1.82) is 0 Å². The van der Waals surface area contributed by atoms with Crippen LogP contribution in [0.25, 0.3) is 0 Å². The van der Waals surface area contributed by atoms with Crippen LogP contribution in [-0.4, -0.2) is 12.6 Å². The summed E-state index contributed by atoms with van der Waals surface area (Å²) in [5.41, 5.74) is 6.62. The van der Waals surface area contributed by atoms with E-state index in [0.29, 0.717) is 6.61 Å². The molecule has 0 bridgehead atoms. The molecule has 2 atom stereocenters. The zero-order chi connectivity index (χ0) is 11.3. The van der Waals surface area contributed by atoms with Gasteiger partial charge in [-0.25, -0.2) is 4.39 Å². The van der Waals surface area contributed by atoms with E-state index in [2.05, 4.69) is 0 Å². The van der Waals surface area contributed by atoms with Crippen LogP contribution in [0.4, 0.5) is 4.39 Å². The monoisotopic (exact) mass is 211 g/mol. The van der Waals surface area contributed by atoms with Crippen molar-refractivity contribution in [2.75, 3.05) is 6.61 Å². The van der Waals surface area contributed by atoms with Crippen LogP contribution in [0.2, 0.25) is 0 Å². The van der Waals surface area contributed by atoms with Crippen molar-refractivity contribution in [3.05, 3.63) is 35.6 Å². The smallest absolute Gasteiger partial charge is 0.123 e. The Bertz CT molecular complexity index is 301. The molecule has 1 rings (SSSR count). The molecule has 0 saturated carbocycles. The zero-order valence-corrected chi connectivity index (χ0v) is 9.24. The lowest BCUT2D eigenvalue weighted by Crippen LogP contribution is -2.27. The molecule has 0 aliphatic heterocycles. The highest BCUT2D eigenvalue weighted by molar-refractivity contribution is 5.20. The Morgan fingerprint density at radius 1 is 1.47 bits per heavy atom. The number of rotatable bonds is 5. The maximum absolute atomic E-state index is 13.0. The van der Waals surface area contributed by atoms with Gasteiger partial charge in [-0.1, -0.05) is 19.1 Å². The Morgan fingerprint density at radius 3 is 2.73 bits per heavy atom. The van der Waals surface area contributed by atoms with Gasteiger partial charge in [0.1, 0.15) is 5.82 Å². The standard InChI is InChI=1S/C12H18FNO/c1-3-7-15-12(9(2)14)10-5-4-6-11(13)8-10/h4-6,8-9,12H,3,7,14H2,1-2H3. The molecule has 0 fully saturated rings. The third kappa shape index (κ3) is 3.61. The molecule has 0 aromatic heterocycles. The van der Waals surface area contributed by atoms with Crippen LogP contribution < -0.4 is 5.73 Å². The normalized spacial score (nSPS) is 14.9. The van der Waals surface area contributed by atoms with Gasteiger partial charge in [-0.15, -0.1) is 0 Å². The molecule has 1 aromatic rings. The van der Waals surface area contributed by atoms with Crippen molar-refractivity contribution < 1.29 is 9.13 Å². The molecule has 2 N–H and O–H groups in total. The number of halogens is 1. The first kappa shape index (κ1) is 12.1. The van der Waals surface area contributed by atoms with Gasteiger partial charge in [-0.3, -0.25) is 0 Å². The van der Waals surface area contributed by atoms with Gasteiger partial charge in [-0.05, 0) is 31.0 Å². The first-order valence-electron chi connectivity index (χ1n) is 5.27. The van der Waals surface area contributed by atoms with Gasteiger partial charge in [0.2, 0.25) is 0 Å². The van der Waals surface area contributed by atoms with Gasteiger partial charge < -0.3 is 10.5 Å². The molecule has 1 aromatic carbocycles. The minimum Gasteiger partial charge on any atom is -0.372 e. The quantitative estimate of drug-likeness (QED) is 0.812. The van der Waals surface area contributed by atoms with E-state index in [1.54, 1.807) is 6.07 Å². The SMILES string of the molecule is CCCOC(c1cccc(F)c1)C(C)N. The second-order valence-corrected chi connectivity index (χ2v) is 3.71. The third-order valence-electron chi connectivity index (χ3n) is 2.16. The Labute approximate surface area is 90.2 Å². The number of hydrogen-bond acceptors (Lipinski definition) is 2. The fourth-order valence-corrected chi connectivity index (χ4v) is 1.48. The lowest BCUT2D eigenvalue weighted by molar-refractivity contribution is 0.0386.